The summed E-state index contributed by atoms with van der Waals surface area (Å²) in [6, 6.07) is 4.66. The first kappa shape index (κ1) is 15.1. The van der Waals surface area contributed by atoms with Crippen LogP contribution in [0.1, 0.15) is 26.2 Å². The van der Waals surface area contributed by atoms with Crippen molar-refractivity contribution in [3.63, 3.8) is 0 Å². The van der Waals surface area contributed by atoms with Crippen molar-refractivity contribution >= 4 is 40.7 Å². The first-order valence-electron chi connectivity index (χ1n) is 6.49. The van der Waals surface area contributed by atoms with Gasteiger partial charge >= 0.3 is 6.03 Å². The molecule has 1 unspecified atom stereocenters. The predicted molar refractivity (Wildman–Crippen MR) is 80.5 cm³/mol. The van der Waals surface area contributed by atoms with Gasteiger partial charge in [0, 0.05) is 34.7 Å². The average molecular weight is 315 g/mol. The molecule has 1 aliphatic rings. The Balaban J connectivity index is 2.05. The SMILES string of the molecule is CC(=O)CC1CCCN1C(=O)Nc1cc(Cl)cc(Cl)c1. The molecule has 1 heterocycles. The summed E-state index contributed by atoms with van der Waals surface area (Å²) in [4.78, 5) is 25.2. The Morgan fingerprint density at radius 2 is 1.95 bits per heavy atom. The van der Waals surface area contributed by atoms with Gasteiger partial charge in [-0.05, 0) is 38.0 Å². The average Bonchev–Trinajstić information content (AvgIpc) is 2.74. The maximum atomic E-state index is 12.2. The Kier molecular flexibility index (Phi) is 4.89. The minimum Gasteiger partial charge on any atom is -0.321 e. The van der Waals surface area contributed by atoms with Gasteiger partial charge in [-0.15, -0.1) is 0 Å². The highest BCUT2D eigenvalue weighted by atomic mass is 35.5. The quantitative estimate of drug-likeness (QED) is 0.917. The van der Waals surface area contributed by atoms with Gasteiger partial charge in [0.25, 0.3) is 0 Å². The fraction of sp³-hybridized carbons (Fsp3) is 0.429. The molecular weight excluding hydrogens is 299 g/mol. The van der Waals surface area contributed by atoms with Gasteiger partial charge in [-0.3, -0.25) is 4.79 Å². The molecule has 1 aromatic rings. The van der Waals surface area contributed by atoms with E-state index in [-0.39, 0.29) is 17.9 Å². The molecule has 0 aromatic heterocycles. The van der Waals surface area contributed by atoms with Crippen LogP contribution in [-0.2, 0) is 4.79 Å². The maximum Gasteiger partial charge on any atom is 0.322 e. The zero-order valence-electron chi connectivity index (χ0n) is 11.2. The van der Waals surface area contributed by atoms with Crippen molar-refractivity contribution in [2.45, 2.75) is 32.2 Å². The molecule has 4 nitrogen and oxygen atoms in total. The molecule has 1 fully saturated rings. The van der Waals surface area contributed by atoms with Crippen LogP contribution in [0.5, 0.6) is 0 Å². The van der Waals surface area contributed by atoms with Crippen LogP contribution in [0.2, 0.25) is 10.0 Å². The largest absolute Gasteiger partial charge is 0.322 e. The topological polar surface area (TPSA) is 49.4 Å². The third-order valence-electron chi connectivity index (χ3n) is 3.27. The summed E-state index contributed by atoms with van der Waals surface area (Å²) in [5.41, 5.74) is 0.556. The monoisotopic (exact) mass is 314 g/mol. The van der Waals surface area contributed by atoms with E-state index in [4.69, 9.17) is 23.2 Å². The summed E-state index contributed by atoms with van der Waals surface area (Å²) in [6.07, 6.45) is 2.19. The number of likely N-dealkylation sites (tertiary alicyclic amines) is 1. The van der Waals surface area contributed by atoms with Crippen molar-refractivity contribution in [2.75, 3.05) is 11.9 Å². The van der Waals surface area contributed by atoms with Gasteiger partial charge in [-0.1, -0.05) is 23.2 Å². The fourth-order valence-electron chi connectivity index (χ4n) is 2.47. The van der Waals surface area contributed by atoms with E-state index in [2.05, 4.69) is 5.32 Å². The molecule has 1 aliphatic heterocycles. The van der Waals surface area contributed by atoms with Crippen molar-refractivity contribution in [1.29, 1.82) is 0 Å². The molecule has 1 atom stereocenters. The first-order valence-corrected chi connectivity index (χ1v) is 7.24. The maximum absolute atomic E-state index is 12.2. The van der Waals surface area contributed by atoms with E-state index in [0.29, 0.717) is 28.7 Å². The number of hydrogen-bond acceptors (Lipinski definition) is 2. The first-order chi connectivity index (χ1) is 9.45. The van der Waals surface area contributed by atoms with Gasteiger partial charge in [-0.2, -0.15) is 0 Å². The van der Waals surface area contributed by atoms with Crippen molar-refractivity contribution in [3.05, 3.63) is 28.2 Å². The van der Waals surface area contributed by atoms with E-state index in [1.165, 1.54) is 0 Å². The number of ketones is 1. The zero-order valence-corrected chi connectivity index (χ0v) is 12.7. The molecule has 20 heavy (non-hydrogen) atoms. The number of carbonyl (C=O) groups excluding carboxylic acids is 2. The summed E-state index contributed by atoms with van der Waals surface area (Å²) in [5.74, 6) is 0.0977. The number of Topliss-reactive ketones (excluding diaryl/α,β-unsaturated/α-hetero) is 1. The number of anilines is 1. The van der Waals surface area contributed by atoms with Crippen molar-refractivity contribution in [3.8, 4) is 0 Å². The second-order valence-electron chi connectivity index (χ2n) is 4.98. The van der Waals surface area contributed by atoms with Crippen LogP contribution in [0.25, 0.3) is 0 Å². The minimum atomic E-state index is -0.216. The Morgan fingerprint density at radius 3 is 2.55 bits per heavy atom. The van der Waals surface area contributed by atoms with Gasteiger partial charge in [0.2, 0.25) is 0 Å². The number of rotatable bonds is 3. The summed E-state index contributed by atoms with van der Waals surface area (Å²) in [5, 5.41) is 3.71. The fourth-order valence-corrected chi connectivity index (χ4v) is 2.99. The lowest BCUT2D eigenvalue weighted by Gasteiger charge is -2.24. The Hall–Kier alpha value is -1.26. The van der Waals surface area contributed by atoms with Crippen LogP contribution in [0.15, 0.2) is 18.2 Å². The zero-order chi connectivity index (χ0) is 14.7. The molecule has 0 saturated carbocycles. The van der Waals surface area contributed by atoms with Crippen LogP contribution in [-0.4, -0.2) is 29.3 Å². The lowest BCUT2D eigenvalue weighted by atomic mass is 10.1. The highest BCUT2D eigenvalue weighted by Crippen LogP contribution is 2.25. The summed E-state index contributed by atoms with van der Waals surface area (Å²) < 4.78 is 0. The molecule has 2 amide bonds. The summed E-state index contributed by atoms with van der Waals surface area (Å²) in [7, 11) is 0. The van der Waals surface area contributed by atoms with Gasteiger partial charge < -0.3 is 10.2 Å². The molecule has 2 rings (SSSR count). The molecule has 1 aromatic carbocycles. The second-order valence-corrected chi connectivity index (χ2v) is 5.86. The normalized spacial score (nSPS) is 18.1. The number of nitrogens with zero attached hydrogens (tertiary/aromatic N) is 1. The molecule has 0 aliphatic carbocycles. The number of amides is 2. The molecule has 0 spiro atoms. The number of urea groups is 1. The number of hydrogen-bond donors (Lipinski definition) is 1. The number of nitrogens with one attached hydrogen (secondary N) is 1. The van der Waals surface area contributed by atoms with Crippen LogP contribution in [0, 0.1) is 0 Å². The highest BCUT2D eigenvalue weighted by Gasteiger charge is 2.29. The van der Waals surface area contributed by atoms with Crippen molar-refractivity contribution in [1.82, 2.24) is 4.90 Å². The minimum absolute atomic E-state index is 0.0119. The molecule has 0 radical (unpaired) electrons. The highest BCUT2D eigenvalue weighted by molar-refractivity contribution is 6.35. The van der Waals surface area contributed by atoms with E-state index in [9.17, 15) is 9.59 Å². The summed E-state index contributed by atoms with van der Waals surface area (Å²) >= 11 is 11.8. The van der Waals surface area contributed by atoms with Gasteiger partial charge in [0.15, 0.2) is 0 Å². The van der Waals surface area contributed by atoms with E-state index >= 15 is 0 Å². The Labute approximate surface area is 128 Å². The van der Waals surface area contributed by atoms with Gasteiger partial charge in [0.05, 0.1) is 0 Å². The number of benzene rings is 1. The Morgan fingerprint density at radius 1 is 1.30 bits per heavy atom. The molecule has 6 heteroatoms. The van der Waals surface area contributed by atoms with Crippen LogP contribution >= 0.6 is 23.2 Å². The lowest BCUT2D eigenvalue weighted by Crippen LogP contribution is -2.39. The van der Waals surface area contributed by atoms with Crippen LogP contribution < -0.4 is 5.32 Å². The molecule has 1 N–H and O–H groups in total. The smallest absolute Gasteiger partial charge is 0.321 e. The van der Waals surface area contributed by atoms with E-state index in [1.54, 1.807) is 30.0 Å². The Bertz CT molecular complexity index is 514. The molecule has 108 valence electrons. The van der Waals surface area contributed by atoms with Gasteiger partial charge in [-0.25, -0.2) is 4.79 Å². The molecule has 1 saturated heterocycles. The summed E-state index contributed by atoms with van der Waals surface area (Å²) in [6.45, 7) is 2.21. The number of halogens is 2. The standard InChI is InChI=1S/C14H16Cl2N2O2/c1-9(19)5-13-3-2-4-18(13)14(20)17-12-7-10(15)6-11(16)8-12/h6-8,13H,2-5H2,1H3,(H,17,20). The predicted octanol–water partition coefficient (Wildman–Crippen LogP) is 3.97. The van der Waals surface area contributed by atoms with Crippen molar-refractivity contribution < 1.29 is 9.59 Å². The van der Waals surface area contributed by atoms with Crippen molar-refractivity contribution in [2.24, 2.45) is 0 Å². The molecular formula is C14H16Cl2N2O2. The number of carbonyl (C=O) groups is 2. The van der Waals surface area contributed by atoms with Gasteiger partial charge in [0.1, 0.15) is 5.78 Å². The lowest BCUT2D eigenvalue weighted by molar-refractivity contribution is -0.117. The third kappa shape index (κ3) is 3.87. The third-order valence-corrected chi connectivity index (χ3v) is 3.71. The van der Waals surface area contributed by atoms with Crippen LogP contribution in [0.3, 0.4) is 0 Å². The second kappa shape index (κ2) is 6.46. The van der Waals surface area contributed by atoms with E-state index in [1.807, 2.05) is 0 Å². The van der Waals surface area contributed by atoms with E-state index in [0.717, 1.165) is 12.8 Å². The van der Waals surface area contributed by atoms with E-state index < -0.39 is 0 Å². The molecule has 0 bridgehead atoms. The van der Waals surface area contributed by atoms with Crippen LogP contribution in [0.4, 0.5) is 10.5 Å².